The molecule has 2 unspecified atom stereocenters. The van der Waals surface area contributed by atoms with Crippen molar-refractivity contribution in [3.63, 3.8) is 0 Å². The van der Waals surface area contributed by atoms with Gasteiger partial charge in [-0.05, 0) is 36.8 Å². The number of hydrazone groups is 2. The highest BCUT2D eigenvalue weighted by Crippen LogP contribution is 2.36. The highest BCUT2D eigenvalue weighted by molar-refractivity contribution is 6.30. The first-order valence-electron chi connectivity index (χ1n) is 9.02. The number of hydrogen-bond donors (Lipinski definition) is 0. The van der Waals surface area contributed by atoms with E-state index in [2.05, 4.69) is 10.2 Å². The fraction of sp³-hybridized carbons (Fsp3) is 0.238. The van der Waals surface area contributed by atoms with Gasteiger partial charge in [0.15, 0.2) is 0 Å². The molecule has 28 heavy (non-hydrogen) atoms. The molecule has 2 aliphatic heterocycles. The first-order chi connectivity index (χ1) is 13.5. The van der Waals surface area contributed by atoms with Crippen molar-refractivity contribution in [2.45, 2.75) is 26.3 Å². The van der Waals surface area contributed by atoms with Crippen LogP contribution >= 0.6 is 11.6 Å². The van der Waals surface area contributed by atoms with Gasteiger partial charge >= 0.3 is 0 Å². The molecular formula is C21H19ClN4O2. The first kappa shape index (κ1) is 18.4. The van der Waals surface area contributed by atoms with Crippen molar-refractivity contribution >= 4 is 40.5 Å². The van der Waals surface area contributed by atoms with Gasteiger partial charge in [-0.25, -0.2) is 5.01 Å². The van der Waals surface area contributed by atoms with E-state index < -0.39 is 5.92 Å². The molecule has 142 valence electrons. The predicted octanol–water partition coefficient (Wildman–Crippen LogP) is 4.03. The van der Waals surface area contributed by atoms with Crippen LogP contribution in [0.1, 0.15) is 31.9 Å². The van der Waals surface area contributed by atoms with Crippen LogP contribution in [0.4, 0.5) is 5.69 Å². The zero-order chi connectivity index (χ0) is 19.8. The molecule has 0 saturated heterocycles. The maximum Gasteiger partial charge on any atom is 0.262 e. The Hall–Kier alpha value is -2.99. The van der Waals surface area contributed by atoms with E-state index >= 15 is 0 Å². The third-order valence-corrected chi connectivity index (χ3v) is 5.23. The van der Waals surface area contributed by atoms with Crippen LogP contribution in [-0.2, 0) is 9.59 Å². The van der Waals surface area contributed by atoms with Crippen LogP contribution < -0.4 is 5.01 Å². The fourth-order valence-corrected chi connectivity index (χ4v) is 3.77. The number of nitrogens with zero attached hydrogens (tertiary/aromatic N) is 4. The summed E-state index contributed by atoms with van der Waals surface area (Å²) >= 11 is 5.99. The minimum absolute atomic E-state index is 0.150. The average Bonchev–Trinajstić information content (AvgIpc) is 3.24. The SMILES string of the molecule is CC(=O)N1N=C(C2C(=O)N(c3ccccc3)N=C2C)CC1c1ccc(Cl)cc1. The number of carbonyl (C=O) groups excluding carboxylic acids is 2. The highest BCUT2D eigenvalue weighted by Gasteiger charge is 2.43. The van der Waals surface area contributed by atoms with E-state index in [0.29, 0.717) is 28.6 Å². The Labute approximate surface area is 168 Å². The highest BCUT2D eigenvalue weighted by atomic mass is 35.5. The van der Waals surface area contributed by atoms with E-state index in [1.807, 2.05) is 49.4 Å². The van der Waals surface area contributed by atoms with E-state index in [1.165, 1.54) is 16.9 Å². The van der Waals surface area contributed by atoms with Gasteiger partial charge in [0.05, 0.1) is 23.2 Å². The Morgan fingerprint density at radius 1 is 1.07 bits per heavy atom. The van der Waals surface area contributed by atoms with Gasteiger partial charge in [-0.3, -0.25) is 9.59 Å². The maximum atomic E-state index is 13.1. The van der Waals surface area contributed by atoms with Gasteiger partial charge in [0.2, 0.25) is 5.91 Å². The Morgan fingerprint density at radius 2 is 1.75 bits per heavy atom. The minimum atomic E-state index is -0.556. The van der Waals surface area contributed by atoms with Gasteiger partial charge in [0.25, 0.3) is 5.91 Å². The summed E-state index contributed by atoms with van der Waals surface area (Å²) in [5, 5.41) is 12.5. The van der Waals surface area contributed by atoms with Gasteiger partial charge < -0.3 is 0 Å². The summed E-state index contributed by atoms with van der Waals surface area (Å²) < 4.78 is 0. The smallest absolute Gasteiger partial charge is 0.262 e. The van der Waals surface area contributed by atoms with Crippen molar-refractivity contribution < 1.29 is 9.59 Å². The summed E-state index contributed by atoms with van der Waals surface area (Å²) in [7, 11) is 0. The number of carbonyl (C=O) groups is 2. The molecule has 2 amide bonds. The van der Waals surface area contributed by atoms with Crippen LogP contribution in [0.25, 0.3) is 0 Å². The van der Waals surface area contributed by atoms with Crippen molar-refractivity contribution in [1.29, 1.82) is 0 Å². The van der Waals surface area contributed by atoms with E-state index in [-0.39, 0.29) is 17.9 Å². The van der Waals surface area contributed by atoms with Gasteiger partial charge in [-0.15, -0.1) is 0 Å². The molecule has 0 N–H and O–H groups in total. The molecule has 0 spiro atoms. The van der Waals surface area contributed by atoms with Crippen LogP contribution in [0, 0.1) is 5.92 Å². The van der Waals surface area contributed by atoms with E-state index in [4.69, 9.17) is 11.6 Å². The number of halogens is 1. The van der Waals surface area contributed by atoms with Crippen LogP contribution in [0.3, 0.4) is 0 Å². The molecule has 6 nitrogen and oxygen atoms in total. The van der Waals surface area contributed by atoms with Gasteiger partial charge in [0.1, 0.15) is 5.92 Å². The monoisotopic (exact) mass is 394 g/mol. The quantitative estimate of drug-likeness (QED) is 0.788. The Kier molecular flexibility index (Phi) is 4.73. The molecule has 7 heteroatoms. The summed E-state index contributed by atoms with van der Waals surface area (Å²) in [5.41, 5.74) is 2.97. The number of anilines is 1. The molecule has 2 aliphatic rings. The van der Waals surface area contributed by atoms with Crippen LogP contribution in [0.5, 0.6) is 0 Å². The molecular weight excluding hydrogens is 376 g/mol. The minimum Gasteiger partial charge on any atom is -0.273 e. The zero-order valence-corrected chi connectivity index (χ0v) is 16.3. The second kappa shape index (κ2) is 7.20. The lowest BCUT2D eigenvalue weighted by Crippen LogP contribution is -2.32. The third-order valence-electron chi connectivity index (χ3n) is 4.98. The van der Waals surface area contributed by atoms with Crippen LogP contribution in [0.15, 0.2) is 64.8 Å². The van der Waals surface area contributed by atoms with Crippen molar-refractivity contribution in [2.24, 2.45) is 16.1 Å². The molecule has 2 atom stereocenters. The second-order valence-corrected chi connectivity index (χ2v) is 7.32. The fourth-order valence-electron chi connectivity index (χ4n) is 3.65. The summed E-state index contributed by atoms with van der Waals surface area (Å²) in [6.45, 7) is 3.30. The summed E-state index contributed by atoms with van der Waals surface area (Å²) in [4.78, 5) is 25.3. The largest absolute Gasteiger partial charge is 0.273 e. The summed E-state index contributed by atoms with van der Waals surface area (Å²) in [6, 6.07) is 16.4. The van der Waals surface area contributed by atoms with Gasteiger partial charge in [-0.1, -0.05) is 41.9 Å². The van der Waals surface area contributed by atoms with E-state index in [1.54, 1.807) is 12.1 Å². The Morgan fingerprint density at radius 3 is 2.39 bits per heavy atom. The number of para-hydroxylation sites is 1. The van der Waals surface area contributed by atoms with Crippen molar-refractivity contribution in [2.75, 3.05) is 5.01 Å². The molecule has 0 fully saturated rings. The average molecular weight is 395 g/mol. The standard InChI is InChI=1S/C21H19ClN4O2/c1-13-20(21(28)26(23-13)17-6-4-3-5-7-17)18-12-19(25(24-18)14(2)27)15-8-10-16(22)11-9-15/h3-11,19-20H,12H2,1-2H3. The number of hydrogen-bond acceptors (Lipinski definition) is 4. The lowest BCUT2D eigenvalue weighted by Gasteiger charge is -2.20. The molecule has 0 bridgehead atoms. The van der Waals surface area contributed by atoms with Gasteiger partial charge in [-0.2, -0.15) is 15.2 Å². The maximum absolute atomic E-state index is 13.1. The second-order valence-electron chi connectivity index (χ2n) is 6.89. The van der Waals surface area contributed by atoms with Gasteiger partial charge in [0, 0.05) is 18.4 Å². The van der Waals surface area contributed by atoms with Crippen molar-refractivity contribution in [3.8, 4) is 0 Å². The Balaban J connectivity index is 1.63. The number of rotatable bonds is 3. The molecule has 2 heterocycles. The lowest BCUT2D eigenvalue weighted by molar-refractivity contribution is -0.130. The summed E-state index contributed by atoms with van der Waals surface area (Å²) in [6.07, 6.45) is 0.479. The molecule has 2 aromatic carbocycles. The zero-order valence-electron chi connectivity index (χ0n) is 15.5. The normalized spacial score (nSPS) is 21.8. The summed E-state index contributed by atoms with van der Waals surface area (Å²) in [5.74, 6) is -0.878. The van der Waals surface area contributed by atoms with E-state index in [0.717, 1.165) is 5.56 Å². The predicted molar refractivity (Wildman–Crippen MR) is 109 cm³/mol. The van der Waals surface area contributed by atoms with E-state index in [9.17, 15) is 9.59 Å². The van der Waals surface area contributed by atoms with Crippen molar-refractivity contribution in [3.05, 3.63) is 65.2 Å². The topological polar surface area (TPSA) is 65.3 Å². The molecule has 0 saturated carbocycles. The Bertz CT molecular complexity index is 985. The van der Waals surface area contributed by atoms with Crippen LogP contribution in [-0.4, -0.2) is 28.2 Å². The molecule has 4 rings (SSSR count). The number of benzene rings is 2. The van der Waals surface area contributed by atoms with Crippen LogP contribution in [0.2, 0.25) is 5.02 Å². The lowest BCUT2D eigenvalue weighted by atomic mass is 9.92. The first-order valence-corrected chi connectivity index (χ1v) is 9.40. The molecule has 0 aliphatic carbocycles. The molecule has 0 aromatic heterocycles. The van der Waals surface area contributed by atoms with Crippen molar-refractivity contribution in [1.82, 2.24) is 5.01 Å². The number of amides is 2. The molecule has 0 radical (unpaired) electrons. The third kappa shape index (κ3) is 3.20. The molecule has 2 aromatic rings.